The molecule has 0 radical (unpaired) electrons. The summed E-state index contributed by atoms with van der Waals surface area (Å²) in [7, 11) is 0. The van der Waals surface area contributed by atoms with Gasteiger partial charge < -0.3 is 4.52 Å². The van der Waals surface area contributed by atoms with Crippen molar-refractivity contribution < 1.29 is 9.32 Å². The van der Waals surface area contributed by atoms with E-state index in [1.165, 1.54) is 0 Å². The fraction of sp³-hybridized carbons (Fsp3) is 0.250. The lowest BCUT2D eigenvalue weighted by Crippen LogP contribution is -2.47. The van der Waals surface area contributed by atoms with Gasteiger partial charge >= 0.3 is 0 Å². The summed E-state index contributed by atoms with van der Waals surface area (Å²) >= 11 is 5.86. The molecule has 6 heteroatoms. The number of nitrogens with zero attached hydrogens (tertiary/aromatic N) is 3. The van der Waals surface area contributed by atoms with E-state index < -0.39 is 0 Å². The molecule has 132 valence electrons. The van der Waals surface area contributed by atoms with Gasteiger partial charge in [0, 0.05) is 30.1 Å². The molecular weight excluding hydrogens is 350 g/mol. The first-order valence-electron chi connectivity index (χ1n) is 8.55. The van der Waals surface area contributed by atoms with Crippen LogP contribution in [0.3, 0.4) is 0 Å². The van der Waals surface area contributed by atoms with Crippen LogP contribution in [0.15, 0.2) is 59.1 Å². The third kappa shape index (κ3) is 3.84. The number of hydrogen-bond donors (Lipinski definition) is 0. The van der Waals surface area contributed by atoms with Crippen molar-refractivity contribution in [2.45, 2.75) is 12.3 Å². The van der Waals surface area contributed by atoms with E-state index in [-0.39, 0.29) is 11.7 Å². The lowest BCUT2D eigenvalue weighted by atomic mass is 9.99. The van der Waals surface area contributed by atoms with Crippen LogP contribution in [0.5, 0.6) is 0 Å². The van der Waals surface area contributed by atoms with E-state index in [0.29, 0.717) is 35.3 Å². The van der Waals surface area contributed by atoms with Crippen LogP contribution in [0.4, 0.5) is 0 Å². The van der Waals surface area contributed by atoms with E-state index in [2.05, 4.69) is 15.0 Å². The van der Waals surface area contributed by atoms with Gasteiger partial charge in [0.25, 0.3) is 0 Å². The van der Waals surface area contributed by atoms with Crippen molar-refractivity contribution in [3.8, 4) is 0 Å². The Morgan fingerprint density at radius 2 is 1.85 bits per heavy atom. The maximum Gasteiger partial charge on any atom is 0.232 e. The number of benzene rings is 2. The first-order valence-corrected chi connectivity index (χ1v) is 8.93. The molecule has 1 aromatic heterocycles. The Bertz CT molecular complexity index is 887. The maximum absolute atomic E-state index is 12.3. The Balaban J connectivity index is 1.29. The largest absolute Gasteiger partial charge is 0.339 e. The molecule has 0 aliphatic carbocycles. The minimum absolute atomic E-state index is 0.0930. The first-order chi connectivity index (χ1) is 12.7. The highest BCUT2D eigenvalue weighted by Gasteiger charge is 2.33. The third-order valence-electron chi connectivity index (χ3n) is 4.53. The molecular formula is C20H18ClN3O2. The van der Waals surface area contributed by atoms with E-state index in [1.54, 1.807) is 24.3 Å². The zero-order valence-electron chi connectivity index (χ0n) is 14.1. The number of Topliss-reactive ketones (excluding diaryl/α,β-unsaturated/α-hetero) is 1. The summed E-state index contributed by atoms with van der Waals surface area (Å²) in [6.07, 6.45) is 0.663. The molecule has 0 atom stereocenters. The SMILES string of the molecule is O=C(CN1CC(c2nc(Cc3ccccc3)no2)C1)c1ccc(Cl)cc1. The molecule has 0 amide bonds. The van der Waals surface area contributed by atoms with E-state index >= 15 is 0 Å². The van der Waals surface area contributed by atoms with E-state index in [9.17, 15) is 4.79 Å². The van der Waals surface area contributed by atoms with Crippen molar-refractivity contribution >= 4 is 17.4 Å². The van der Waals surface area contributed by atoms with Gasteiger partial charge in [0.15, 0.2) is 11.6 Å². The topological polar surface area (TPSA) is 59.2 Å². The van der Waals surface area contributed by atoms with Gasteiger partial charge in [-0.05, 0) is 29.8 Å². The van der Waals surface area contributed by atoms with Gasteiger partial charge in [0.1, 0.15) is 0 Å². The van der Waals surface area contributed by atoms with Gasteiger partial charge in [-0.25, -0.2) is 0 Å². The summed E-state index contributed by atoms with van der Waals surface area (Å²) in [6.45, 7) is 1.90. The highest BCUT2D eigenvalue weighted by molar-refractivity contribution is 6.30. The summed E-state index contributed by atoms with van der Waals surface area (Å²) in [4.78, 5) is 18.9. The minimum Gasteiger partial charge on any atom is -0.339 e. The van der Waals surface area contributed by atoms with Crippen LogP contribution in [0.25, 0.3) is 0 Å². The predicted octanol–water partition coefficient (Wildman–Crippen LogP) is 3.60. The van der Waals surface area contributed by atoms with Crippen molar-refractivity contribution in [2.75, 3.05) is 19.6 Å². The molecule has 2 heterocycles. The minimum atomic E-state index is 0.0930. The van der Waals surface area contributed by atoms with Crippen LogP contribution < -0.4 is 0 Å². The van der Waals surface area contributed by atoms with Gasteiger partial charge in [0.05, 0.1) is 12.5 Å². The summed E-state index contributed by atoms with van der Waals surface area (Å²) in [5.74, 6) is 1.65. The number of carbonyl (C=O) groups is 1. The van der Waals surface area contributed by atoms with Gasteiger partial charge in [0.2, 0.25) is 5.89 Å². The van der Waals surface area contributed by atoms with Gasteiger partial charge in [-0.1, -0.05) is 47.1 Å². The molecule has 0 unspecified atom stereocenters. The quantitative estimate of drug-likeness (QED) is 0.623. The Hall–Kier alpha value is -2.50. The average molecular weight is 368 g/mol. The first kappa shape index (κ1) is 16.9. The lowest BCUT2D eigenvalue weighted by molar-refractivity contribution is 0.0802. The van der Waals surface area contributed by atoms with Gasteiger partial charge in [-0.15, -0.1) is 0 Å². The molecule has 1 aliphatic heterocycles. The third-order valence-corrected chi connectivity index (χ3v) is 4.78. The molecule has 0 N–H and O–H groups in total. The molecule has 0 saturated carbocycles. The molecule has 1 aliphatic rings. The van der Waals surface area contributed by atoms with E-state index in [1.807, 2.05) is 30.3 Å². The molecule has 1 fully saturated rings. The van der Waals surface area contributed by atoms with Crippen LogP contribution in [0, 0.1) is 0 Å². The number of ketones is 1. The predicted molar refractivity (Wildman–Crippen MR) is 98.5 cm³/mol. The molecule has 3 aromatic rings. The van der Waals surface area contributed by atoms with Gasteiger partial charge in [-0.2, -0.15) is 4.98 Å². The maximum atomic E-state index is 12.3. The van der Waals surface area contributed by atoms with Crippen LogP contribution in [0.2, 0.25) is 5.02 Å². The van der Waals surface area contributed by atoms with Crippen LogP contribution in [0.1, 0.15) is 33.6 Å². The molecule has 0 spiro atoms. The second-order valence-corrected chi connectivity index (χ2v) is 6.97. The van der Waals surface area contributed by atoms with Crippen molar-refractivity contribution in [1.29, 1.82) is 0 Å². The highest BCUT2D eigenvalue weighted by Crippen LogP contribution is 2.26. The zero-order chi connectivity index (χ0) is 17.9. The van der Waals surface area contributed by atoms with Crippen LogP contribution in [-0.4, -0.2) is 40.5 Å². The second kappa shape index (κ2) is 7.40. The Morgan fingerprint density at radius 1 is 1.12 bits per heavy atom. The zero-order valence-corrected chi connectivity index (χ0v) is 14.9. The molecule has 5 nitrogen and oxygen atoms in total. The summed E-state index contributed by atoms with van der Waals surface area (Å²) < 4.78 is 5.40. The summed E-state index contributed by atoms with van der Waals surface area (Å²) in [5, 5.41) is 4.70. The number of hydrogen-bond acceptors (Lipinski definition) is 5. The van der Waals surface area contributed by atoms with Crippen molar-refractivity contribution in [1.82, 2.24) is 15.0 Å². The fourth-order valence-corrected chi connectivity index (χ4v) is 3.19. The Morgan fingerprint density at radius 3 is 2.58 bits per heavy atom. The highest BCUT2D eigenvalue weighted by atomic mass is 35.5. The summed E-state index contributed by atoms with van der Waals surface area (Å²) in [5.41, 5.74) is 1.84. The smallest absolute Gasteiger partial charge is 0.232 e. The van der Waals surface area contributed by atoms with Crippen LogP contribution >= 0.6 is 11.6 Å². The normalized spacial score (nSPS) is 15.0. The molecule has 0 bridgehead atoms. The molecule has 1 saturated heterocycles. The van der Waals surface area contributed by atoms with E-state index in [4.69, 9.17) is 16.1 Å². The number of halogens is 1. The fourth-order valence-electron chi connectivity index (χ4n) is 3.07. The number of aromatic nitrogens is 2. The number of rotatable bonds is 6. The lowest BCUT2D eigenvalue weighted by Gasteiger charge is -2.36. The monoisotopic (exact) mass is 367 g/mol. The van der Waals surface area contributed by atoms with Crippen molar-refractivity contribution in [3.05, 3.63) is 82.5 Å². The van der Waals surface area contributed by atoms with Crippen molar-refractivity contribution in [3.63, 3.8) is 0 Å². The Kier molecular flexibility index (Phi) is 4.82. The summed E-state index contributed by atoms with van der Waals surface area (Å²) in [6, 6.07) is 17.1. The Labute approximate surface area is 156 Å². The number of likely N-dealkylation sites (tertiary alicyclic amines) is 1. The standard InChI is InChI=1S/C20H18ClN3O2/c21-17-8-6-15(7-9-17)18(25)13-24-11-16(12-24)20-22-19(23-26-20)10-14-4-2-1-3-5-14/h1-9,16H,10-13H2. The van der Waals surface area contributed by atoms with Crippen LogP contribution in [-0.2, 0) is 6.42 Å². The second-order valence-electron chi connectivity index (χ2n) is 6.53. The molecule has 4 rings (SSSR count). The molecule has 2 aromatic carbocycles. The average Bonchev–Trinajstić information content (AvgIpc) is 3.07. The van der Waals surface area contributed by atoms with Gasteiger partial charge in [-0.3, -0.25) is 9.69 Å². The number of carbonyl (C=O) groups excluding carboxylic acids is 1. The van der Waals surface area contributed by atoms with E-state index in [0.717, 1.165) is 18.7 Å². The van der Waals surface area contributed by atoms with Crippen molar-refractivity contribution in [2.24, 2.45) is 0 Å². The molecule has 26 heavy (non-hydrogen) atoms.